The van der Waals surface area contributed by atoms with E-state index in [4.69, 9.17) is 4.74 Å². The van der Waals surface area contributed by atoms with Crippen molar-refractivity contribution < 1.29 is 36.6 Å². The van der Waals surface area contributed by atoms with Gasteiger partial charge in [0, 0.05) is 37.1 Å². The number of aliphatic hydroxyl groups is 1. The fourth-order valence-electron chi connectivity index (χ4n) is 5.53. The Balaban J connectivity index is 0.00000867. The van der Waals surface area contributed by atoms with Crippen molar-refractivity contribution in [1.82, 2.24) is 20.9 Å². The molecule has 0 fully saturated rings. The molecule has 2 amide bonds. The van der Waals surface area contributed by atoms with Crippen LogP contribution >= 0.6 is 12.4 Å². The van der Waals surface area contributed by atoms with Crippen LogP contribution in [0, 0.1) is 11.6 Å². The van der Waals surface area contributed by atoms with E-state index in [0.717, 1.165) is 29.7 Å². The van der Waals surface area contributed by atoms with Crippen molar-refractivity contribution in [2.75, 3.05) is 12.3 Å². The van der Waals surface area contributed by atoms with E-state index in [1.54, 1.807) is 18.3 Å². The average Bonchev–Trinajstić information content (AvgIpc) is 3.06. The molecule has 0 bridgehead atoms. The van der Waals surface area contributed by atoms with E-state index in [-0.39, 0.29) is 37.5 Å². The predicted molar refractivity (Wildman–Crippen MR) is 192 cm³/mol. The second-order valence-corrected chi connectivity index (χ2v) is 14.5. The number of carbonyl (C=O) groups excluding carboxylic acids is 2. The highest BCUT2D eigenvalue weighted by molar-refractivity contribution is 7.92. The molecule has 0 spiro atoms. The number of aliphatic hydroxyl groups excluding tert-OH is 1. The molecular weight excluding hydrogens is 690 g/mol. The number of benzene rings is 2. The molecule has 1 unspecified atom stereocenters. The quantitative estimate of drug-likeness (QED) is 0.124. The number of halogens is 3. The van der Waals surface area contributed by atoms with Gasteiger partial charge in [0.2, 0.25) is 5.91 Å². The number of carbonyl (C=O) groups is 2. The Morgan fingerprint density at radius 1 is 0.900 bits per heavy atom. The van der Waals surface area contributed by atoms with Crippen LogP contribution in [0.3, 0.4) is 0 Å². The summed E-state index contributed by atoms with van der Waals surface area (Å²) in [6.07, 6.45) is 3.41. The summed E-state index contributed by atoms with van der Waals surface area (Å²) in [6.45, 7) is 5.99. The number of hydrogen-bond acceptors (Lipinski definition) is 8. The molecule has 50 heavy (non-hydrogen) atoms. The smallest absolute Gasteiger partial charge is 0.408 e. The van der Waals surface area contributed by atoms with Gasteiger partial charge in [0.15, 0.2) is 9.84 Å². The highest BCUT2D eigenvalue weighted by Gasteiger charge is 2.34. The highest BCUT2D eigenvalue weighted by Crippen LogP contribution is 2.18. The number of ether oxygens (including phenoxy) is 1. The van der Waals surface area contributed by atoms with Gasteiger partial charge in [-0.05, 0) is 60.6 Å². The van der Waals surface area contributed by atoms with E-state index in [2.05, 4.69) is 20.9 Å². The van der Waals surface area contributed by atoms with Gasteiger partial charge in [0.25, 0.3) is 0 Å². The third-order valence-electron chi connectivity index (χ3n) is 8.08. The number of alkyl carbamates (subject to hydrolysis) is 1. The number of pyridine rings is 1. The van der Waals surface area contributed by atoms with Gasteiger partial charge < -0.3 is 25.8 Å². The van der Waals surface area contributed by atoms with Gasteiger partial charge in [-0.3, -0.25) is 9.78 Å². The van der Waals surface area contributed by atoms with Crippen LogP contribution in [0.1, 0.15) is 68.7 Å². The Hall–Kier alpha value is -3.65. The molecule has 3 aromatic rings. The minimum absolute atomic E-state index is 0. The lowest BCUT2D eigenvalue weighted by atomic mass is 10.00. The second kappa shape index (κ2) is 21.5. The zero-order chi connectivity index (χ0) is 35.8. The van der Waals surface area contributed by atoms with Gasteiger partial charge in [-0.25, -0.2) is 22.0 Å². The Labute approximate surface area is 300 Å². The van der Waals surface area contributed by atoms with Crippen LogP contribution in [0.2, 0.25) is 0 Å². The summed E-state index contributed by atoms with van der Waals surface area (Å²) < 4.78 is 60.6. The number of amides is 2. The van der Waals surface area contributed by atoms with Crippen LogP contribution in [0.4, 0.5) is 13.6 Å². The minimum atomic E-state index is -3.90. The number of aromatic nitrogens is 1. The van der Waals surface area contributed by atoms with Crippen molar-refractivity contribution in [2.24, 2.45) is 0 Å². The maximum atomic E-state index is 14.1. The van der Waals surface area contributed by atoms with Crippen molar-refractivity contribution in [2.45, 2.75) is 95.9 Å². The molecule has 14 heteroatoms. The summed E-state index contributed by atoms with van der Waals surface area (Å²) in [4.78, 5) is 30.7. The van der Waals surface area contributed by atoms with Gasteiger partial charge in [-0.2, -0.15) is 0 Å². The molecule has 0 aliphatic carbocycles. The lowest BCUT2D eigenvalue weighted by molar-refractivity contribution is -0.124. The summed E-state index contributed by atoms with van der Waals surface area (Å²) in [6, 6.07) is 11.4. The van der Waals surface area contributed by atoms with Gasteiger partial charge in [0.1, 0.15) is 24.3 Å². The summed E-state index contributed by atoms with van der Waals surface area (Å²) in [5.41, 5.74) is 2.87. The number of rotatable bonds is 20. The lowest BCUT2D eigenvalue weighted by Gasteiger charge is -2.28. The van der Waals surface area contributed by atoms with Crippen LogP contribution in [0.15, 0.2) is 67.0 Å². The van der Waals surface area contributed by atoms with Crippen LogP contribution in [-0.2, 0) is 45.4 Å². The van der Waals surface area contributed by atoms with Crippen molar-refractivity contribution >= 4 is 34.2 Å². The SMILES string of the molecule is CCCC(CCC)S(=O)(=O)CC(NC(=O)OCc1cccnc1)C(=O)N[C@@H](Cc1cc(F)cc(F)c1)[C@H](O)CNCc1cccc(CC)c1.Cl. The van der Waals surface area contributed by atoms with E-state index in [0.29, 0.717) is 43.9 Å². The molecule has 3 rings (SSSR count). The Kier molecular flexibility index (Phi) is 18.3. The summed E-state index contributed by atoms with van der Waals surface area (Å²) in [7, 11) is -3.90. The summed E-state index contributed by atoms with van der Waals surface area (Å²) >= 11 is 0. The van der Waals surface area contributed by atoms with E-state index in [1.807, 2.05) is 45.0 Å². The average molecular weight is 739 g/mol. The number of hydrogen-bond donors (Lipinski definition) is 4. The molecule has 0 aliphatic rings. The maximum absolute atomic E-state index is 14.1. The molecule has 0 saturated carbocycles. The van der Waals surface area contributed by atoms with E-state index < -0.39 is 62.7 Å². The Bertz CT molecular complexity index is 1580. The monoisotopic (exact) mass is 738 g/mol. The van der Waals surface area contributed by atoms with Gasteiger partial charge in [-0.15, -0.1) is 12.4 Å². The first-order valence-electron chi connectivity index (χ1n) is 16.7. The first-order chi connectivity index (χ1) is 23.4. The van der Waals surface area contributed by atoms with E-state index in [9.17, 15) is 31.9 Å². The fourth-order valence-corrected chi connectivity index (χ4v) is 7.69. The van der Waals surface area contributed by atoms with Gasteiger partial charge >= 0.3 is 6.09 Å². The van der Waals surface area contributed by atoms with Crippen molar-refractivity contribution in [3.8, 4) is 0 Å². The zero-order valence-corrected chi connectivity index (χ0v) is 30.4. The number of nitrogens with one attached hydrogen (secondary N) is 3. The van der Waals surface area contributed by atoms with Crippen molar-refractivity contribution in [3.63, 3.8) is 0 Å². The predicted octanol–water partition coefficient (Wildman–Crippen LogP) is 5.20. The zero-order valence-electron chi connectivity index (χ0n) is 28.7. The molecule has 0 radical (unpaired) electrons. The third kappa shape index (κ3) is 14.3. The van der Waals surface area contributed by atoms with Gasteiger partial charge in [0.05, 0.1) is 23.1 Å². The molecule has 10 nitrogen and oxygen atoms in total. The van der Waals surface area contributed by atoms with Crippen LogP contribution in [0.5, 0.6) is 0 Å². The molecule has 3 atom stereocenters. The maximum Gasteiger partial charge on any atom is 0.408 e. The Morgan fingerprint density at radius 3 is 2.18 bits per heavy atom. The summed E-state index contributed by atoms with van der Waals surface area (Å²) in [5.74, 6) is -3.27. The molecule has 0 saturated heterocycles. The first kappa shape index (κ1) is 42.5. The minimum Gasteiger partial charge on any atom is -0.445 e. The lowest BCUT2D eigenvalue weighted by Crippen LogP contribution is -2.57. The van der Waals surface area contributed by atoms with Gasteiger partial charge in [-0.1, -0.05) is 63.9 Å². The third-order valence-corrected chi connectivity index (χ3v) is 10.4. The molecule has 4 N–H and O–H groups in total. The van der Waals surface area contributed by atoms with Crippen LogP contribution < -0.4 is 16.0 Å². The van der Waals surface area contributed by atoms with E-state index in [1.165, 1.54) is 6.20 Å². The largest absolute Gasteiger partial charge is 0.445 e. The van der Waals surface area contributed by atoms with Crippen molar-refractivity contribution in [1.29, 1.82) is 0 Å². The molecule has 1 aromatic heterocycles. The number of sulfone groups is 1. The standard InChI is InChI=1S/C36H48F2N4O6S.ClH/c1-4-9-31(10-5-2)49(46,47)24-33(42-36(45)48-23-27-13-8-14-39-21-27)35(44)41-32(18-28-16-29(37)19-30(38)17-28)34(43)22-40-20-26-12-7-11-25(6-3)15-26;/h7-8,11-17,19,21,31-34,40,43H,4-6,9-10,18,20,22-24H2,1-3H3,(H,41,44)(H,42,45);1H/t32-,33?,34+;/m0./s1. The fraction of sp³-hybridized carbons (Fsp3) is 0.472. The second-order valence-electron chi connectivity index (χ2n) is 12.1. The molecule has 2 aromatic carbocycles. The summed E-state index contributed by atoms with van der Waals surface area (Å²) in [5, 5.41) is 18.7. The topological polar surface area (TPSA) is 147 Å². The normalized spacial score (nSPS) is 13.2. The number of nitrogens with zero attached hydrogens (tertiary/aromatic N) is 1. The molecule has 1 heterocycles. The van der Waals surface area contributed by atoms with Crippen LogP contribution in [0.25, 0.3) is 0 Å². The molecular formula is C36H49ClF2N4O6S. The molecule has 276 valence electrons. The van der Waals surface area contributed by atoms with Crippen LogP contribution in [-0.4, -0.2) is 66.2 Å². The Morgan fingerprint density at radius 2 is 1.56 bits per heavy atom. The van der Waals surface area contributed by atoms with Crippen molar-refractivity contribution in [3.05, 3.63) is 101 Å². The molecule has 0 aliphatic heterocycles. The van der Waals surface area contributed by atoms with E-state index >= 15 is 0 Å². The number of aryl methyl sites for hydroxylation is 1. The first-order valence-corrected chi connectivity index (χ1v) is 18.4. The highest BCUT2D eigenvalue weighted by atomic mass is 35.5.